The summed E-state index contributed by atoms with van der Waals surface area (Å²) in [6.07, 6.45) is 4.20. The molecule has 1 aliphatic rings. The Morgan fingerprint density at radius 1 is 1.53 bits per heavy atom. The van der Waals surface area contributed by atoms with E-state index >= 15 is 0 Å². The molecule has 1 amide bonds. The number of carbonyl (C=O) groups excluding carboxylic acids is 1. The predicted octanol–water partition coefficient (Wildman–Crippen LogP) is 0.499. The van der Waals surface area contributed by atoms with Crippen molar-refractivity contribution in [1.82, 2.24) is 14.5 Å². The first kappa shape index (κ1) is 11.6. The van der Waals surface area contributed by atoms with Crippen molar-refractivity contribution in [2.24, 2.45) is 7.05 Å². The summed E-state index contributed by atoms with van der Waals surface area (Å²) >= 11 is 0. The minimum atomic E-state index is -1.10. The largest absolute Gasteiger partial charge is 0.480 e. The van der Waals surface area contributed by atoms with Crippen LogP contribution in [0.5, 0.6) is 0 Å². The van der Waals surface area contributed by atoms with E-state index in [1.54, 1.807) is 18.5 Å². The molecule has 0 aliphatic carbocycles. The zero-order valence-electron chi connectivity index (χ0n) is 9.88. The van der Waals surface area contributed by atoms with Crippen molar-refractivity contribution < 1.29 is 14.7 Å². The van der Waals surface area contributed by atoms with Crippen LogP contribution in [0.4, 0.5) is 0 Å². The van der Waals surface area contributed by atoms with Gasteiger partial charge >= 0.3 is 5.97 Å². The van der Waals surface area contributed by atoms with Crippen molar-refractivity contribution in [3.8, 4) is 0 Å². The van der Waals surface area contributed by atoms with Gasteiger partial charge < -0.3 is 14.6 Å². The Hall–Kier alpha value is -1.85. The normalized spacial score (nSPS) is 24.0. The van der Waals surface area contributed by atoms with Gasteiger partial charge in [-0.15, -0.1) is 0 Å². The molecule has 2 rings (SSSR count). The quantitative estimate of drug-likeness (QED) is 0.812. The van der Waals surface area contributed by atoms with E-state index < -0.39 is 11.5 Å². The second kappa shape index (κ2) is 3.87. The lowest BCUT2D eigenvalue weighted by Gasteiger charge is -2.31. The van der Waals surface area contributed by atoms with E-state index in [9.17, 15) is 14.7 Å². The van der Waals surface area contributed by atoms with E-state index in [-0.39, 0.29) is 5.91 Å². The van der Waals surface area contributed by atoms with E-state index in [1.807, 2.05) is 0 Å². The number of likely N-dealkylation sites (tertiary alicyclic amines) is 1. The Balaban J connectivity index is 2.32. The van der Waals surface area contributed by atoms with Crippen molar-refractivity contribution in [2.45, 2.75) is 25.3 Å². The second-order valence-corrected chi connectivity index (χ2v) is 4.53. The van der Waals surface area contributed by atoms with Gasteiger partial charge in [-0.25, -0.2) is 9.78 Å². The van der Waals surface area contributed by atoms with Crippen molar-refractivity contribution >= 4 is 11.9 Å². The van der Waals surface area contributed by atoms with Gasteiger partial charge in [0, 0.05) is 13.6 Å². The lowest BCUT2D eigenvalue weighted by Crippen LogP contribution is -2.51. The van der Waals surface area contributed by atoms with Crippen LogP contribution in [0.25, 0.3) is 0 Å². The molecule has 0 spiro atoms. The van der Waals surface area contributed by atoms with Crippen LogP contribution in [0.3, 0.4) is 0 Å². The molecule has 92 valence electrons. The van der Waals surface area contributed by atoms with Crippen molar-refractivity contribution in [2.75, 3.05) is 6.54 Å². The first-order valence-corrected chi connectivity index (χ1v) is 5.48. The van der Waals surface area contributed by atoms with Gasteiger partial charge in [0.25, 0.3) is 5.91 Å². The smallest absolute Gasteiger partial charge is 0.329 e. The molecule has 1 aromatic rings. The first-order chi connectivity index (χ1) is 7.97. The number of carbonyl (C=O) groups is 2. The number of aryl methyl sites for hydroxylation is 1. The maximum atomic E-state index is 12.3. The highest BCUT2D eigenvalue weighted by molar-refractivity contribution is 5.96. The van der Waals surface area contributed by atoms with Crippen LogP contribution in [-0.2, 0) is 11.8 Å². The summed E-state index contributed by atoms with van der Waals surface area (Å²) in [7, 11) is 1.72. The van der Waals surface area contributed by atoms with Gasteiger partial charge in [0.05, 0.1) is 12.5 Å². The van der Waals surface area contributed by atoms with Gasteiger partial charge in [0.2, 0.25) is 0 Å². The number of hydrogen-bond acceptors (Lipinski definition) is 3. The van der Waals surface area contributed by atoms with E-state index in [1.165, 1.54) is 17.4 Å². The van der Waals surface area contributed by atoms with Crippen LogP contribution in [0, 0.1) is 0 Å². The Labute approximate surface area is 98.9 Å². The van der Waals surface area contributed by atoms with Gasteiger partial charge in [0.1, 0.15) is 11.2 Å². The summed E-state index contributed by atoms with van der Waals surface area (Å²) in [4.78, 5) is 28.8. The second-order valence-electron chi connectivity index (χ2n) is 4.53. The molecular formula is C11H15N3O3. The maximum Gasteiger partial charge on any atom is 0.329 e. The fourth-order valence-electron chi connectivity index (χ4n) is 2.21. The molecule has 1 N–H and O–H groups in total. The summed E-state index contributed by atoms with van der Waals surface area (Å²) in [6, 6.07) is 0. The van der Waals surface area contributed by atoms with Crippen LogP contribution < -0.4 is 0 Å². The summed E-state index contributed by atoms with van der Waals surface area (Å²) in [5.74, 6) is -1.22. The van der Waals surface area contributed by atoms with Crippen molar-refractivity contribution in [3.63, 3.8) is 0 Å². The number of aromatic nitrogens is 2. The van der Waals surface area contributed by atoms with Crippen LogP contribution in [0.1, 0.15) is 30.3 Å². The molecule has 1 aromatic heterocycles. The summed E-state index contributed by atoms with van der Waals surface area (Å²) in [5.41, 5.74) is -0.680. The van der Waals surface area contributed by atoms with E-state index in [2.05, 4.69) is 4.98 Å². The number of hydrogen-bond donors (Lipinski definition) is 1. The summed E-state index contributed by atoms with van der Waals surface area (Å²) in [5, 5.41) is 9.24. The molecule has 0 bridgehead atoms. The van der Waals surface area contributed by atoms with Crippen LogP contribution in [0.2, 0.25) is 0 Å². The molecule has 0 radical (unpaired) electrons. The highest BCUT2D eigenvalue weighted by atomic mass is 16.4. The van der Waals surface area contributed by atoms with Gasteiger partial charge in [-0.3, -0.25) is 4.79 Å². The molecule has 0 saturated carbocycles. The minimum Gasteiger partial charge on any atom is -0.480 e. The number of carboxylic acid groups (broad SMARTS) is 1. The Morgan fingerprint density at radius 2 is 2.24 bits per heavy atom. The topological polar surface area (TPSA) is 75.4 Å². The third kappa shape index (κ3) is 1.69. The maximum absolute atomic E-state index is 12.3. The van der Waals surface area contributed by atoms with Gasteiger partial charge in [0.15, 0.2) is 0 Å². The van der Waals surface area contributed by atoms with E-state index in [0.29, 0.717) is 25.1 Å². The molecule has 17 heavy (non-hydrogen) atoms. The van der Waals surface area contributed by atoms with Gasteiger partial charge in [-0.05, 0) is 19.8 Å². The molecule has 6 heteroatoms. The number of carboxylic acids is 1. The van der Waals surface area contributed by atoms with Crippen molar-refractivity contribution in [3.05, 3.63) is 18.2 Å². The van der Waals surface area contributed by atoms with Crippen LogP contribution >= 0.6 is 0 Å². The van der Waals surface area contributed by atoms with E-state index in [0.717, 1.165) is 0 Å². The summed E-state index contributed by atoms with van der Waals surface area (Å²) < 4.78 is 1.60. The van der Waals surface area contributed by atoms with Crippen LogP contribution in [0.15, 0.2) is 12.5 Å². The number of rotatable bonds is 2. The summed E-state index contributed by atoms with van der Waals surface area (Å²) in [6.45, 7) is 2.07. The monoisotopic (exact) mass is 237 g/mol. The highest BCUT2D eigenvalue weighted by Gasteiger charge is 2.46. The fourth-order valence-corrected chi connectivity index (χ4v) is 2.21. The number of nitrogens with zero attached hydrogens (tertiary/aromatic N) is 3. The van der Waals surface area contributed by atoms with Crippen molar-refractivity contribution in [1.29, 1.82) is 0 Å². The number of amides is 1. The minimum absolute atomic E-state index is 0.271. The number of aliphatic carboxylic acids is 1. The molecule has 1 fully saturated rings. The molecular weight excluding hydrogens is 222 g/mol. The van der Waals surface area contributed by atoms with Gasteiger partial charge in [-0.2, -0.15) is 0 Å². The lowest BCUT2D eigenvalue weighted by molar-refractivity contribution is -0.147. The Morgan fingerprint density at radius 3 is 2.76 bits per heavy atom. The highest BCUT2D eigenvalue weighted by Crippen LogP contribution is 2.30. The number of imidazole rings is 1. The van der Waals surface area contributed by atoms with E-state index in [4.69, 9.17) is 0 Å². The average molecular weight is 237 g/mol. The van der Waals surface area contributed by atoms with Gasteiger partial charge in [-0.1, -0.05) is 0 Å². The fraction of sp³-hybridized carbons (Fsp3) is 0.545. The zero-order chi connectivity index (χ0) is 12.6. The third-order valence-electron chi connectivity index (χ3n) is 3.38. The SMILES string of the molecule is Cn1cncc1C(=O)N1CCCC1(C)C(=O)O. The van der Waals surface area contributed by atoms with Crippen LogP contribution in [-0.4, -0.2) is 43.5 Å². The average Bonchev–Trinajstić information content (AvgIpc) is 2.84. The molecule has 1 saturated heterocycles. The molecule has 0 aromatic carbocycles. The predicted molar refractivity (Wildman–Crippen MR) is 59.5 cm³/mol. The first-order valence-electron chi connectivity index (χ1n) is 5.48. The third-order valence-corrected chi connectivity index (χ3v) is 3.38. The molecule has 1 aliphatic heterocycles. The zero-order valence-corrected chi connectivity index (χ0v) is 9.88. The Bertz CT molecular complexity index is 468. The lowest BCUT2D eigenvalue weighted by atomic mass is 9.99. The molecule has 1 atom stereocenters. The molecule has 6 nitrogen and oxygen atoms in total. The molecule has 1 unspecified atom stereocenters. The standard InChI is InChI=1S/C11H15N3O3/c1-11(10(16)17)4-3-5-14(11)9(15)8-6-12-7-13(8)2/h6-7H,3-5H2,1-2H3,(H,16,17). The molecule has 2 heterocycles. The Kier molecular flexibility index (Phi) is 2.65.